The molecule has 0 atom stereocenters. The highest BCUT2D eigenvalue weighted by molar-refractivity contribution is 5.95. The summed E-state index contributed by atoms with van der Waals surface area (Å²) in [6.07, 6.45) is 0. The molecule has 0 radical (unpaired) electrons. The summed E-state index contributed by atoms with van der Waals surface area (Å²) < 4.78 is 0. The van der Waals surface area contributed by atoms with Crippen molar-refractivity contribution in [3.05, 3.63) is 35.9 Å². The van der Waals surface area contributed by atoms with Gasteiger partial charge in [-0.1, -0.05) is 32.0 Å². The second-order valence-corrected chi connectivity index (χ2v) is 4.34. The first-order valence-electron chi connectivity index (χ1n) is 5.57. The average molecular weight is 235 g/mol. The molecule has 0 spiro atoms. The Morgan fingerprint density at radius 2 is 1.82 bits per heavy atom. The van der Waals surface area contributed by atoms with Crippen LogP contribution in [0.4, 0.5) is 0 Å². The van der Waals surface area contributed by atoms with E-state index in [0.29, 0.717) is 12.1 Å². The lowest BCUT2D eigenvalue weighted by Crippen LogP contribution is -2.38. The van der Waals surface area contributed by atoms with Crippen molar-refractivity contribution in [3.63, 3.8) is 0 Å². The number of nitrogens with zero attached hydrogens (tertiary/aromatic N) is 1. The van der Waals surface area contributed by atoms with Gasteiger partial charge in [0, 0.05) is 12.1 Å². The predicted octanol–water partition coefficient (Wildman–Crippen LogP) is 1.87. The van der Waals surface area contributed by atoms with E-state index in [1.54, 1.807) is 24.3 Å². The summed E-state index contributed by atoms with van der Waals surface area (Å²) in [5.41, 5.74) is 0.523. The van der Waals surface area contributed by atoms with Gasteiger partial charge in [-0.15, -0.1) is 0 Å². The highest BCUT2D eigenvalue weighted by Gasteiger charge is 2.18. The van der Waals surface area contributed by atoms with Crippen LogP contribution >= 0.6 is 0 Å². The van der Waals surface area contributed by atoms with Crippen molar-refractivity contribution < 1.29 is 14.7 Å². The number of carboxylic acid groups (broad SMARTS) is 1. The molecule has 0 aliphatic heterocycles. The number of amides is 1. The molecular weight excluding hydrogens is 218 g/mol. The van der Waals surface area contributed by atoms with Gasteiger partial charge in [-0.05, 0) is 18.1 Å². The summed E-state index contributed by atoms with van der Waals surface area (Å²) in [5.74, 6) is -0.987. The van der Waals surface area contributed by atoms with E-state index in [2.05, 4.69) is 0 Å². The molecule has 0 aliphatic rings. The van der Waals surface area contributed by atoms with Crippen molar-refractivity contribution in [2.75, 3.05) is 13.1 Å². The molecule has 1 N–H and O–H groups in total. The largest absolute Gasteiger partial charge is 0.480 e. The van der Waals surface area contributed by atoms with Crippen LogP contribution < -0.4 is 0 Å². The van der Waals surface area contributed by atoms with Crippen LogP contribution in [0.3, 0.4) is 0 Å². The van der Waals surface area contributed by atoms with Crippen molar-refractivity contribution in [1.29, 1.82) is 0 Å². The SMILES string of the molecule is CC(C)CN(CC(=O)O)C(=O)c1ccccc1. The van der Waals surface area contributed by atoms with Crippen LogP contribution in [0.15, 0.2) is 30.3 Å². The fraction of sp³-hybridized carbons (Fsp3) is 0.385. The molecule has 1 aromatic carbocycles. The van der Waals surface area contributed by atoms with E-state index in [1.165, 1.54) is 4.90 Å². The molecule has 1 rings (SSSR count). The lowest BCUT2D eigenvalue weighted by Gasteiger charge is -2.22. The summed E-state index contributed by atoms with van der Waals surface area (Å²) in [4.78, 5) is 24.2. The molecule has 0 fully saturated rings. The quantitative estimate of drug-likeness (QED) is 0.847. The lowest BCUT2D eigenvalue weighted by atomic mass is 10.1. The minimum absolute atomic E-state index is 0.235. The Labute approximate surface area is 101 Å². The third-order valence-electron chi connectivity index (χ3n) is 2.22. The van der Waals surface area contributed by atoms with Crippen molar-refractivity contribution in [2.45, 2.75) is 13.8 Å². The zero-order valence-corrected chi connectivity index (χ0v) is 10.1. The number of aliphatic carboxylic acids is 1. The molecule has 92 valence electrons. The molecule has 0 heterocycles. The Kier molecular flexibility index (Phi) is 4.69. The fourth-order valence-corrected chi connectivity index (χ4v) is 1.59. The molecule has 0 saturated carbocycles. The van der Waals surface area contributed by atoms with Crippen molar-refractivity contribution >= 4 is 11.9 Å². The van der Waals surface area contributed by atoms with E-state index in [4.69, 9.17) is 5.11 Å². The van der Waals surface area contributed by atoms with Crippen molar-refractivity contribution in [3.8, 4) is 0 Å². The van der Waals surface area contributed by atoms with Crippen molar-refractivity contribution in [2.24, 2.45) is 5.92 Å². The molecule has 0 unspecified atom stereocenters. The van der Waals surface area contributed by atoms with Gasteiger partial charge in [0.25, 0.3) is 5.91 Å². The maximum absolute atomic E-state index is 12.1. The van der Waals surface area contributed by atoms with Gasteiger partial charge in [0.2, 0.25) is 0 Å². The van der Waals surface area contributed by atoms with Gasteiger partial charge in [0.15, 0.2) is 0 Å². The molecule has 4 nitrogen and oxygen atoms in total. The molecular formula is C13H17NO3. The predicted molar refractivity (Wildman–Crippen MR) is 64.8 cm³/mol. The zero-order valence-electron chi connectivity index (χ0n) is 10.1. The first-order chi connectivity index (χ1) is 8.00. The highest BCUT2D eigenvalue weighted by Crippen LogP contribution is 2.07. The second kappa shape index (κ2) is 6.03. The molecule has 0 bridgehead atoms. The van der Waals surface area contributed by atoms with Crippen LogP contribution in [0.1, 0.15) is 24.2 Å². The first kappa shape index (κ1) is 13.2. The van der Waals surface area contributed by atoms with Gasteiger partial charge >= 0.3 is 5.97 Å². The molecule has 4 heteroatoms. The number of rotatable bonds is 5. The van der Waals surface area contributed by atoms with E-state index in [0.717, 1.165) is 0 Å². The zero-order chi connectivity index (χ0) is 12.8. The van der Waals surface area contributed by atoms with Gasteiger partial charge in [-0.3, -0.25) is 9.59 Å². The Morgan fingerprint density at radius 1 is 1.24 bits per heavy atom. The van der Waals surface area contributed by atoms with Gasteiger partial charge in [-0.25, -0.2) is 0 Å². The fourth-order valence-electron chi connectivity index (χ4n) is 1.59. The smallest absolute Gasteiger partial charge is 0.323 e. The Hall–Kier alpha value is -1.84. The summed E-state index contributed by atoms with van der Waals surface area (Å²) >= 11 is 0. The third-order valence-corrected chi connectivity index (χ3v) is 2.22. The number of hydrogen-bond acceptors (Lipinski definition) is 2. The van der Waals surface area contributed by atoms with Gasteiger partial charge < -0.3 is 10.0 Å². The van der Waals surface area contributed by atoms with Crippen LogP contribution in [-0.2, 0) is 4.79 Å². The Morgan fingerprint density at radius 3 is 2.29 bits per heavy atom. The van der Waals surface area contributed by atoms with E-state index in [9.17, 15) is 9.59 Å². The van der Waals surface area contributed by atoms with E-state index >= 15 is 0 Å². The number of benzene rings is 1. The standard InChI is InChI=1S/C13H17NO3/c1-10(2)8-14(9-12(15)16)13(17)11-6-4-3-5-7-11/h3-7,10H,8-9H2,1-2H3,(H,15,16). The van der Waals surface area contributed by atoms with Crippen LogP contribution in [0.5, 0.6) is 0 Å². The number of carbonyl (C=O) groups is 2. The first-order valence-corrected chi connectivity index (χ1v) is 5.57. The summed E-state index contributed by atoms with van der Waals surface area (Å²) in [5, 5.41) is 8.80. The van der Waals surface area contributed by atoms with Crippen LogP contribution in [0.2, 0.25) is 0 Å². The topological polar surface area (TPSA) is 57.6 Å². The van der Waals surface area contributed by atoms with Crippen LogP contribution in [0.25, 0.3) is 0 Å². The van der Waals surface area contributed by atoms with E-state index in [-0.39, 0.29) is 18.4 Å². The normalized spacial score (nSPS) is 10.3. The third kappa shape index (κ3) is 4.26. The minimum atomic E-state index is -0.991. The monoisotopic (exact) mass is 235 g/mol. The molecule has 1 amide bonds. The lowest BCUT2D eigenvalue weighted by molar-refractivity contribution is -0.137. The Bertz CT molecular complexity index is 387. The summed E-state index contributed by atoms with van der Waals surface area (Å²) in [7, 11) is 0. The second-order valence-electron chi connectivity index (χ2n) is 4.34. The van der Waals surface area contributed by atoms with E-state index < -0.39 is 5.97 Å². The van der Waals surface area contributed by atoms with E-state index in [1.807, 2.05) is 19.9 Å². The number of carboxylic acids is 1. The summed E-state index contributed by atoms with van der Waals surface area (Å²) in [6, 6.07) is 8.74. The molecule has 0 saturated heterocycles. The van der Waals surface area contributed by atoms with Gasteiger partial charge in [0.05, 0.1) is 0 Å². The molecule has 1 aromatic rings. The minimum Gasteiger partial charge on any atom is -0.480 e. The molecule has 0 aromatic heterocycles. The summed E-state index contributed by atoms with van der Waals surface area (Å²) in [6.45, 7) is 4.09. The maximum Gasteiger partial charge on any atom is 0.323 e. The van der Waals surface area contributed by atoms with Gasteiger partial charge in [-0.2, -0.15) is 0 Å². The van der Waals surface area contributed by atoms with Gasteiger partial charge in [0.1, 0.15) is 6.54 Å². The van der Waals surface area contributed by atoms with Crippen molar-refractivity contribution in [1.82, 2.24) is 4.90 Å². The number of hydrogen-bond donors (Lipinski definition) is 1. The molecule has 17 heavy (non-hydrogen) atoms. The molecule has 0 aliphatic carbocycles. The average Bonchev–Trinajstić information content (AvgIpc) is 2.27. The van der Waals surface area contributed by atoms with Crippen LogP contribution in [0, 0.1) is 5.92 Å². The Balaban J connectivity index is 2.82. The maximum atomic E-state index is 12.1. The number of carbonyl (C=O) groups excluding carboxylic acids is 1. The highest BCUT2D eigenvalue weighted by atomic mass is 16.4. The van der Waals surface area contributed by atoms with Crippen LogP contribution in [-0.4, -0.2) is 35.0 Å².